The molecule has 0 aromatic heterocycles. The number of allylic oxidation sites excluding steroid dienone is 3. The van der Waals surface area contributed by atoms with Crippen molar-refractivity contribution in [3.05, 3.63) is 68.5 Å². The molecule has 5 rings (SSSR count). The number of methoxy groups -OCH3 is 4. The monoisotopic (exact) mass is 625 g/mol. The fourth-order valence-corrected chi connectivity index (χ4v) is 6.83. The number of hydrogen-bond acceptors (Lipinski definition) is 8. The molecular formula is C32H36BrNO7. The summed E-state index contributed by atoms with van der Waals surface area (Å²) in [6.07, 6.45) is 4.59. The first-order valence-electron chi connectivity index (χ1n) is 13.9. The highest BCUT2D eigenvalue weighted by atomic mass is 79.9. The third-order valence-electron chi connectivity index (χ3n) is 8.32. The summed E-state index contributed by atoms with van der Waals surface area (Å²) >= 11 is 3.70. The lowest BCUT2D eigenvalue weighted by molar-refractivity contribution is -0.144. The van der Waals surface area contributed by atoms with Crippen LogP contribution in [0, 0.1) is 0 Å². The van der Waals surface area contributed by atoms with Gasteiger partial charge in [-0.15, -0.1) is 0 Å². The van der Waals surface area contributed by atoms with Crippen molar-refractivity contribution in [2.24, 2.45) is 0 Å². The molecule has 218 valence electrons. The number of halogens is 1. The first kappa shape index (κ1) is 29.0. The first-order valence-corrected chi connectivity index (χ1v) is 14.7. The summed E-state index contributed by atoms with van der Waals surface area (Å²) < 4.78 is 28.7. The van der Waals surface area contributed by atoms with Crippen molar-refractivity contribution in [3.63, 3.8) is 0 Å². The average molecular weight is 627 g/mol. The Kier molecular flexibility index (Phi) is 8.63. The van der Waals surface area contributed by atoms with E-state index in [4.69, 9.17) is 23.7 Å². The number of benzene rings is 2. The first-order chi connectivity index (χ1) is 19.8. The van der Waals surface area contributed by atoms with Gasteiger partial charge in [0, 0.05) is 33.8 Å². The maximum atomic E-state index is 14.1. The number of ketones is 1. The van der Waals surface area contributed by atoms with Crippen LogP contribution in [0.2, 0.25) is 0 Å². The van der Waals surface area contributed by atoms with Gasteiger partial charge < -0.3 is 29.0 Å². The number of esters is 1. The molecule has 0 saturated heterocycles. The Morgan fingerprint density at radius 2 is 1.51 bits per heavy atom. The number of hydrogen-bond donors (Lipinski definition) is 1. The van der Waals surface area contributed by atoms with Crippen LogP contribution in [0.1, 0.15) is 68.4 Å². The van der Waals surface area contributed by atoms with Crippen molar-refractivity contribution in [1.82, 2.24) is 5.32 Å². The Hall–Kier alpha value is -3.46. The Balaban J connectivity index is 1.59. The van der Waals surface area contributed by atoms with E-state index in [1.54, 1.807) is 28.4 Å². The van der Waals surface area contributed by atoms with Crippen molar-refractivity contribution in [2.75, 3.05) is 28.4 Å². The van der Waals surface area contributed by atoms with Gasteiger partial charge in [0.15, 0.2) is 28.8 Å². The molecule has 2 aliphatic carbocycles. The van der Waals surface area contributed by atoms with Gasteiger partial charge >= 0.3 is 5.97 Å². The molecule has 3 aliphatic rings. The molecule has 8 nitrogen and oxygen atoms in total. The lowest BCUT2D eigenvalue weighted by Crippen LogP contribution is -2.36. The molecule has 0 bridgehead atoms. The van der Waals surface area contributed by atoms with Gasteiger partial charge in [0.1, 0.15) is 6.10 Å². The van der Waals surface area contributed by atoms with E-state index in [0.717, 1.165) is 42.5 Å². The number of nitrogens with one attached hydrogen (secondary N) is 1. The number of rotatable bonds is 8. The van der Waals surface area contributed by atoms with Crippen LogP contribution in [0.4, 0.5) is 0 Å². The number of dihydropyridines is 1. The minimum atomic E-state index is -0.631. The number of carbonyl (C=O) groups is 2. The van der Waals surface area contributed by atoms with Crippen LogP contribution in [-0.2, 0) is 14.3 Å². The lowest BCUT2D eigenvalue weighted by atomic mass is 9.71. The molecule has 1 N–H and O–H groups in total. The normalized spacial score (nSPS) is 20.9. The van der Waals surface area contributed by atoms with Gasteiger partial charge in [0.25, 0.3) is 0 Å². The summed E-state index contributed by atoms with van der Waals surface area (Å²) in [6, 6.07) is 9.42. The Morgan fingerprint density at radius 3 is 2.17 bits per heavy atom. The van der Waals surface area contributed by atoms with Gasteiger partial charge in [-0.05, 0) is 80.3 Å². The van der Waals surface area contributed by atoms with Crippen molar-refractivity contribution in [1.29, 1.82) is 0 Å². The van der Waals surface area contributed by atoms with Crippen LogP contribution >= 0.6 is 15.9 Å². The van der Waals surface area contributed by atoms with Crippen molar-refractivity contribution < 1.29 is 33.3 Å². The molecule has 41 heavy (non-hydrogen) atoms. The highest BCUT2D eigenvalue weighted by Crippen LogP contribution is 2.49. The number of Topliss-reactive ketones (excluding diaryl/α,β-unsaturated/α-hetero) is 1. The zero-order valence-electron chi connectivity index (χ0n) is 24.1. The fraction of sp³-hybridized carbons (Fsp3) is 0.438. The van der Waals surface area contributed by atoms with E-state index in [-0.39, 0.29) is 17.8 Å². The van der Waals surface area contributed by atoms with Crippen LogP contribution in [0.25, 0.3) is 0 Å². The van der Waals surface area contributed by atoms with Gasteiger partial charge in [-0.2, -0.15) is 0 Å². The second-order valence-corrected chi connectivity index (χ2v) is 11.5. The smallest absolute Gasteiger partial charge is 0.337 e. The molecular weight excluding hydrogens is 590 g/mol. The van der Waals surface area contributed by atoms with E-state index < -0.39 is 11.9 Å². The predicted octanol–water partition coefficient (Wildman–Crippen LogP) is 6.33. The van der Waals surface area contributed by atoms with E-state index in [1.165, 1.54) is 0 Å². The third-order valence-corrected chi connectivity index (χ3v) is 9.00. The Bertz CT molecular complexity index is 1420. The van der Waals surface area contributed by atoms with Gasteiger partial charge in [-0.3, -0.25) is 4.79 Å². The van der Waals surface area contributed by atoms with Gasteiger partial charge in [0.05, 0.1) is 34.0 Å². The Morgan fingerprint density at radius 1 is 0.878 bits per heavy atom. The zero-order valence-corrected chi connectivity index (χ0v) is 25.7. The summed E-state index contributed by atoms with van der Waals surface area (Å²) in [5.74, 6) is 1.20. The summed E-state index contributed by atoms with van der Waals surface area (Å²) in [6.45, 7) is 1.88. The van der Waals surface area contributed by atoms with E-state index in [0.29, 0.717) is 57.2 Å². The van der Waals surface area contributed by atoms with Gasteiger partial charge in [-0.25, -0.2) is 4.79 Å². The van der Waals surface area contributed by atoms with Crippen molar-refractivity contribution in [2.45, 2.75) is 63.4 Å². The molecule has 0 radical (unpaired) electrons. The molecule has 0 unspecified atom stereocenters. The van der Waals surface area contributed by atoms with Crippen molar-refractivity contribution >= 4 is 27.7 Å². The highest BCUT2D eigenvalue weighted by Gasteiger charge is 2.43. The molecule has 1 fully saturated rings. The van der Waals surface area contributed by atoms with Crippen LogP contribution in [0.15, 0.2) is 57.3 Å². The standard InChI is InChI=1S/C32H36BrNO7/c1-17-29(32(36)41-20-8-6-7-9-20)30(21-15-27(39-4)28(40-5)16-22(21)33)31-23(34-17)12-19(13-24(31)35)18-10-11-25(37-2)26(14-18)38-3/h10-11,14-16,19-20,30,34H,6-9,12-13H2,1-5H3/t19-,30+/m1/s1. The number of ether oxygens (including phenoxy) is 5. The molecule has 1 saturated carbocycles. The molecule has 0 spiro atoms. The third kappa shape index (κ3) is 5.56. The summed E-state index contributed by atoms with van der Waals surface area (Å²) in [7, 11) is 6.34. The summed E-state index contributed by atoms with van der Waals surface area (Å²) in [5, 5.41) is 3.44. The second-order valence-electron chi connectivity index (χ2n) is 10.7. The summed E-state index contributed by atoms with van der Waals surface area (Å²) in [4.78, 5) is 27.9. The SMILES string of the molecule is COc1ccc([C@H]2CC(=O)C3=C(C2)NC(C)=C(C(=O)OC2CCCC2)[C@@H]3c2cc(OC)c(OC)cc2Br)cc1OC. The Labute approximate surface area is 249 Å². The van der Waals surface area contributed by atoms with Crippen LogP contribution in [-0.4, -0.2) is 46.3 Å². The van der Waals surface area contributed by atoms with Gasteiger partial charge in [-0.1, -0.05) is 22.0 Å². The zero-order chi connectivity index (χ0) is 29.3. The summed E-state index contributed by atoms with van der Waals surface area (Å²) in [5.41, 5.74) is 4.25. The van der Waals surface area contributed by atoms with E-state index >= 15 is 0 Å². The fourth-order valence-electron chi connectivity index (χ4n) is 6.28. The van der Waals surface area contributed by atoms with Crippen LogP contribution in [0.5, 0.6) is 23.0 Å². The van der Waals surface area contributed by atoms with Crippen LogP contribution in [0.3, 0.4) is 0 Å². The topological polar surface area (TPSA) is 92.3 Å². The molecule has 9 heteroatoms. The predicted molar refractivity (Wildman–Crippen MR) is 158 cm³/mol. The molecule has 2 aromatic rings. The lowest BCUT2D eigenvalue weighted by Gasteiger charge is -2.37. The largest absolute Gasteiger partial charge is 0.493 e. The van der Waals surface area contributed by atoms with E-state index in [9.17, 15) is 9.59 Å². The minimum Gasteiger partial charge on any atom is -0.493 e. The molecule has 1 heterocycles. The van der Waals surface area contributed by atoms with E-state index in [2.05, 4.69) is 21.2 Å². The quantitative estimate of drug-likeness (QED) is 0.340. The van der Waals surface area contributed by atoms with Gasteiger partial charge in [0.2, 0.25) is 0 Å². The number of carbonyl (C=O) groups excluding carboxylic acids is 2. The second kappa shape index (κ2) is 12.2. The molecule has 2 atom stereocenters. The molecule has 1 aliphatic heterocycles. The highest BCUT2D eigenvalue weighted by molar-refractivity contribution is 9.10. The molecule has 0 amide bonds. The van der Waals surface area contributed by atoms with Crippen LogP contribution < -0.4 is 24.3 Å². The average Bonchev–Trinajstić information content (AvgIpc) is 3.48. The minimum absolute atomic E-state index is 0.0242. The van der Waals surface area contributed by atoms with E-state index in [1.807, 2.05) is 37.3 Å². The van der Waals surface area contributed by atoms with Crippen molar-refractivity contribution in [3.8, 4) is 23.0 Å². The maximum absolute atomic E-state index is 14.1. The maximum Gasteiger partial charge on any atom is 0.337 e. The molecule has 2 aromatic carbocycles.